The zero-order valence-electron chi connectivity index (χ0n) is 11.5. The smallest absolute Gasteiger partial charge is 0.178 e. The maximum Gasteiger partial charge on any atom is 0.178 e. The molecule has 0 saturated carbocycles. The largest absolute Gasteiger partial charge is 0.483 e. The lowest BCUT2D eigenvalue weighted by Crippen LogP contribution is -2.03. The van der Waals surface area contributed by atoms with Gasteiger partial charge in [0.15, 0.2) is 9.84 Å². The minimum Gasteiger partial charge on any atom is -0.483 e. The van der Waals surface area contributed by atoms with E-state index in [1.165, 1.54) is 11.8 Å². The highest BCUT2D eigenvalue weighted by Crippen LogP contribution is 2.23. The van der Waals surface area contributed by atoms with Gasteiger partial charge in [-0.1, -0.05) is 36.4 Å². The van der Waals surface area contributed by atoms with Crippen LogP contribution in [0.5, 0.6) is 5.75 Å². The number of benzene rings is 2. The van der Waals surface area contributed by atoms with E-state index in [0.29, 0.717) is 21.6 Å². The lowest BCUT2D eigenvalue weighted by atomic mass is 10.3. The second kappa shape index (κ2) is 7.20. The Balaban J connectivity index is 1.92. The number of thioether (sulfide) groups is 1. The monoisotopic (exact) mass is 342 g/mol. The summed E-state index contributed by atoms with van der Waals surface area (Å²) in [5.41, 5.74) is 0. The molecule has 0 aromatic heterocycles. The van der Waals surface area contributed by atoms with Gasteiger partial charge in [0.25, 0.3) is 0 Å². The molecule has 0 atom stereocenters. The Morgan fingerprint density at radius 3 is 2.48 bits per heavy atom. The highest BCUT2D eigenvalue weighted by atomic mass is 35.5. The maximum atomic E-state index is 11.7. The molecule has 0 unspecified atom stereocenters. The Labute approximate surface area is 134 Å². The lowest BCUT2D eigenvalue weighted by molar-refractivity contribution is 0.393. The van der Waals surface area contributed by atoms with Gasteiger partial charge >= 0.3 is 0 Å². The summed E-state index contributed by atoms with van der Waals surface area (Å²) in [6.45, 7) is 1.64. The lowest BCUT2D eigenvalue weighted by Gasteiger charge is -2.07. The summed E-state index contributed by atoms with van der Waals surface area (Å²) < 4.78 is 29.0. The fraction of sp³-hybridized carbons (Fsp3) is 0.200. The molecule has 0 aliphatic rings. The minimum atomic E-state index is -3.14. The van der Waals surface area contributed by atoms with Gasteiger partial charge in [-0.05, 0) is 42.5 Å². The normalized spacial score (nSPS) is 11.3. The minimum absolute atomic E-state index is 0.108. The number of hydrogen-bond acceptors (Lipinski definition) is 4. The molecule has 2 aromatic rings. The van der Waals surface area contributed by atoms with Gasteiger partial charge in [0.05, 0.1) is 10.6 Å². The molecular weight excluding hydrogens is 328 g/mol. The van der Waals surface area contributed by atoms with Gasteiger partial charge in [0.2, 0.25) is 0 Å². The summed E-state index contributed by atoms with van der Waals surface area (Å²) >= 11 is 7.36. The third-order valence-electron chi connectivity index (χ3n) is 2.81. The zero-order valence-corrected chi connectivity index (χ0v) is 13.8. The fourth-order valence-corrected chi connectivity index (χ4v) is 3.36. The van der Waals surface area contributed by atoms with E-state index in [2.05, 4.69) is 0 Å². The number of ether oxygens (including phenoxy) is 1. The first-order chi connectivity index (χ1) is 10.0. The van der Waals surface area contributed by atoms with E-state index in [-0.39, 0.29) is 5.75 Å². The van der Waals surface area contributed by atoms with Crippen molar-refractivity contribution in [3.05, 3.63) is 53.6 Å². The van der Waals surface area contributed by atoms with E-state index >= 15 is 0 Å². The molecule has 0 spiro atoms. The summed E-state index contributed by atoms with van der Waals surface area (Å²) in [6, 6.07) is 14.0. The van der Waals surface area contributed by atoms with Crippen LogP contribution in [0.15, 0.2) is 58.3 Å². The quantitative estimate of drug-likeness (QED) is 0.581. The molecule has 2 aromatic carbocycles. The van der Waals surface area contributed by atoms with E-state index in [0.717, 1.165) is 4.90 Å². The Morgan fingerprint density at radius 2 is 1.86 bits per heavy atom. The zero-order chi connectivity index (χ0) is 15.3. The van der Waals surface area contributed by atoms with Crippen LogP contribution < -0.4 is 4.74 Å². The molecule has 6 heteroatoms. The van der Waals surface area contributed by atoms with E-state index < -0.39 is 9.84 Å². The van der Waals surface area contributed by atoms with Crippen LogP contribution in [0.1, 0.15) is 6.92 Å². The molecule has 0 N–H and O–H groups in total. The molecular formula is C15H15ClO3S2. The predicted octanol–water partition coefficient (Wildman–Crippen LogP) is 4.26. The van der Waals surface area contributed by atoms with Gasteiger partial charge < -0.3 is 4.74 Å². The third kappa shape index (κ3) is 4.66. The summed E-state index contributed by atoms with van der Waals surface area (Å²) in [4.78, 5) is 1.30. The first-order valence-corrected chi connectivity index (χ1v) is 9.37. The Kier molecular flexibility index (Phi) is 5.56. The first-order valence-electron chi connectivity index (χ1n) is 6.35. The van der Waals surface area contributed by atoms with Crippen molar-refractivity contribution in [3.63, 3.8) is 0 Å². The van der Waals surface area contributed by atoms with E-state index in [1.807, 2.05) is 12.1 Å². The maximum absolute atomic E-state index is 11.7. The van der Waals surface area contributed by atoms with Gasteiger partial charge in [-0.3, -0.25) is 0 Å². The van der Waals surface area contributed by atoms with Crippen molar-refractivity contribution in [1.29, 1.82) is 0 Å². The fourth-order valence-electron chi connectivity index (χ4n) is 1.63. The van der Waals surface area contributed by atoms with E-state index in [4.69, 9.17) is 16.3 Å². The van der Waals surface area contributed by atoms with Crippen molar-refractivity contribution < 1.29 is 13.2 Å². The van der Waals surface area contributed by atoms with Crippen LogP contribution in [0.25, 0.3) is 0 Å². The number of halogens is 1. The van der Waals surface area contributed by atoms with Gasteiger partial charge in [0, 0.05) is 9.92 Å². The molecule has 21 heavy (non-hydrogen) atoms. The van der Waals surface area contributed by atoms with Crippen LogP contribution in [0.2, 0.25) is 5.02 Å². The molecule has 0 saturated heterocycles. The summed E-state index contributed by atoms with van der Waals surface area (Å²) in [5.74, 6) is 1.25. The van der Waals surface area contributed by atoms with Crippen LogP contribution in [0.4, 0.5) is 0 Å². The molecule has 2 rings (SSSR count). The molecule has 0 aliphatic heterocycles. The van der Waals surface area contributed by atoms with E-state index in [9.17, 15) is 8.42 Å². The van der Waals surface area contributed by atoms with Crippen molar-refractivity contribution >= 4 is 33.2 Å². The van der Waals surface area contributed by atoms with Crippen LogP contribution in [-0.2, 0) is 9.84 Å². The molecule has 0 aliphatic carbocycles. The number of rotatable bonds is 6. The summed E-state index contributed by atoms with van der Waals surface area (Å²) in [6.07, 6.45) is 0. The van der Waals surface area contributed by atoms with Gasteiger partial charge in [-0.25, -0.2) is 8.42 Å². The van der Waals surface area contributed by atoms with Crippen LogP contribution >= 0.6 is 23.4 Å². The van der Waals surface area contributed by atoms with E-state index in [1.54, 1.807) is 43.3 Å². The molecule has 0 amide bonds. The average molecular weight is 343 g/mol. The van der Waals surface area contributed by atoms with Crippen molar-refractivity contribution in [2.45, 2.75) is 16.7 Å². The van der Waals surface area contributed by atoms with Crippen LogP contribution in [-0.4, -0.2) is 20.1 Å². The molecule has 0 fully saturated rings. The molecule has 0 bridgehead atoms. The standard InChI is InChI=1S/C15H15ClO3S2/c1-2-21(17,18)15-8-6-14(7-9-15)20-11-19-13-5-3-4-12(16)10-13/h3-10H,2,11H2,1H3. The highest BCUT2D eigenvalue weighted by molar-refractivity contribution is 7.99. The van der Waals surface area contributed by atoms with Crippen molar-refractivity contribution in [2.75, 3.05) is 11.7 Å². The number of hydrogen-bond donors (Lipinski definition) is 0. The summed E-state index contributed by atoms with van der Waals surface area (Å²) in [5, 5.41) is 0.631. The van der Waals surface area contributed by atoms with Crippen molar-refractivity contribution in [2.24, 2.45) is 0 Å². The number of sulfone groups is 1. The third-order valence-corrected chi connectivity index (χ3v) is 5.64. The van der Waals surface area contributed by atoms with Crippen molar-refractivity contribution in [3.8, 4) is 5.75 Å². The summed E-state index contributed by atoms with van der Waals surface area (Å²) in [7, 11) is -3.14. The molecule has 0 radical (unpaired) electrons. The molecule has 3 nitrogen and oxygen atoms in total. The first kappa shape index (κ1) is 16.2. The van der Waals surface area contributed by atoms with Crippen molar-refractivity contribution in [1.82, 2.24) is 0 Å². The average Bonchev–Trinajstić information content (AvgIpc) is 2.48. The van der Waals surface area contributed by atoms with Gasteiger partial charge in [-0.15, -0.1) is 0 Å². The molecule has 112 valence electrons. The van der Waals surface area contributed by atoms with Crippen LogP contribution in [0.3, 0.4) is 0 Å². The Hall–Kier alpha value is -1.17. The van der Waals surface area contributed by atoms with Gasteiger partial charge in [-0.2, -0.15) is 0 Å². The topological polar surface area (TPSA) is 43.4 Å². The second-order valence-electron chi connectivity index (χ2n) is 4.24. The van der Waals surface area contributed by atoms with Crippen LogP contribution in [0, 0.1) is 0 Å². The molecule has 0 heterocycles. The Bertz CT molecular complexity index is 697. The highest BCUT2D eigenvalue weighted by Gasteiger charge is 2.10. The Morgan fingerprint density at radius 1 is 1.14 bits per heavy atom. The second-order valence-corrected chi connectivity index (χ2v) is 7.95. The SMILES string of the molecule is CCS(=O)(=O)c1ccc(SCOc2cccc(Cl)c2)cc1. The van der Waals surface area contributed by atoms with Gasteiger partial charge in [0.1, 0.15) is 11.7 Å². The predicted molar refractivity (Wildman–Crippen MR) is 87.0 cm³/mol.